The van der Waals surface area contributed by atoms with Gasteiger partial charge in [-0.25, -0.2) is 9.19 Å². The highest BCUT2D eigenvalue weighted by molar-refractivity contribution is 7.79. The van der Waals surface area contributed by atoms with Gasteiger partial charge >= 0.3 is 0 Å². The van der Waals surface area contributed by atoms with Gasteiger partial charge in [0.2, 0.25) is 11.1 Å². The van der Waals surface area contributed by atoms with E-state index in [-0.39, 0.29) is 5.03 Å². The molecule has 1 aromatic carbocycles. The summed E-state index contributed by atoms with van der Waals surface area (Å²) in [5.74, 6) is 1.15. The van der Waals surface area contributed by atoms with Crippen LogP contribution in [0.1, 0.15) is 0 Å². The zero-order valence-corrected chi connectivity index (χ0v) is 9.05. The predicted molar refractivity (Wildman–Crippen MR) is 59.8 cm³/mol. The van der Waals surface area contributed by atoms with E-state index in [2.05, 4.69) is 4.98 Å². The van der Waals surface area contributed by atoms with Crippen LogP contribution >= 0.6 is 0 Å². The van der Waals surface area contributed by atoms with Crippen LogP contribution in [0.4, 0.5) is 0 Å². The molecule has 1 aromatic heterocycles. The molecule has 0 aliphatic heterocycles. The predicted octanol–water partition coefficient (Wildman–Crippen LogP) is 2.45. The lowest BCUT2D eigenvalue weighted by atomic mass is 10.3. The maximum atomic E-state index is 10.8. The fraction of sp³-hybridized carbons (Fsp3) is 0. The quantitative estimate of drug-likeness (QED) is 0.830. The number of aromatic nitrogens is 1. The minimum atomic E-state index is -2.09. The van der Waals surface area contributed by atoms with E-state index in [0.717, 1.165) is 0 Å². The van der Waals surface area contributed by atoms with Gasteiger partial charge < -0.3 is 9.29 Å². The molecule has 16 heavy (non-hydrogen) atoms. The Bertz CT molecular complexity index is 502. The molecule has 0 bridgehead atoms. The van der Waals surface area contributed by atoms with Crippen LogP contribution in [0.2, 0.25) is 0 Å². The highest BCUT2D eigenvalue weighted by atomic mass is 32.2. The summed E-state index contributed by atoms with van der Waals surface area (Å²) in [6, 6.07) is 12.2. The van der Waals surface area contributed by atoms with E-state index in [1.807, 2.05) is 18.2 Å². The molecular weight excluding hydrogens is 226 g/mol. The molecule has 4 nitrogen and oxygen atoms in total. The van der Waals surface area contributed by atoms with Gasteiger partial charge in [0.15, 0.2) is 5.03 Å². The van der Waals surface area contributed by atoms with Gasteiger partial charge in [-0.15, -0.1) is 0 Å². The molecule has 2 aromatic rings. The van der Waals surface area contributed by atoms with Crippen LogP contribution in [0.25, 0.3) is 0 Å². The van der Waals surface area contributed by atoms with Crippen molar-refractivity contribution in [1.29, 1.82) is 0 Å². The Hall–Kier alpha value is -1.72. The van der Waals surface area contributed by atoms with E-state index in [0.29, 0.717) is 11.5 Å². The van der Waals surface area contributed by atoms with Gasteiger partial charge in [0, 0.05) is 12.3 Å². The number of nitrogens with zero attached hydrogens (tertiary/aromatic N) is 1. The molecule has 0 aliphatic carbocycles. The first-order valence-corrected chi connectivity index (χ1v) is 5.66. The number of rotatable bonds is 3. The second-order valence-corrected chi connectivity index (χ2v) is 3.91. The van der Waals surface area contributed by atoms with Crippen molar-refractivity contribution in [2.75, 3.05) is 0 Å². The average Bonchev–Trinajstić information content (AvgIpc) is 2.30. The zero-order valence-electron chi connectivity index (χ0n) is 8.24. The van der Waals surface area contributed by atoms with Gasteiger partial charge in [-0.3, -0.25) is 0 Å². The third kappa shape index (κ3) is 2.65. The van der Waals surface area contributed by atoms with Gasteiger partial charge in [0.05, 0.1) is 0 Å². The first-order chi connectivity index (χ1) is 7.75. The normalized spacial score (nSPS) is 12.1. The van der Waals surface area contributed by atoms with E-state index in [1.54, 1.807) is 18.2 Å². The van der Waals surface area contributed by atoms with Crippen molar-refractivity contribution < 1.29 is 13.5 Å². The summed E-state index contributed by atoms with van der Waals surface area (Å²) >= 11 is -2.09. The summed E-state index contributed by atoms with van der Waals surface area (Å²) < 4.78 is 25.2. The second-order valence-electron chi connectivity index (χ2n) is 2.99. The highest BCUT2D eigenvalue weighted by Gasteiger charge is 2.03. The van der Waals surface area contributed by atoms with Gasteiger partial charge in [-0.05, 0) is 18.2 Å². The fourth-order valence-electron chi connectivity index (χ4n) is 1.17. The molecule has 5 heteroatoms. The Balaban J connectivity index is 2.22. The second kappa shape index (κ2) is 4.87. The van der Waals surface area contributed by atoms with Crippen LogP contribution in [-0.2, 0) is 11.1 Å². The van der Waals surface area contributed by atoms with E-state index in [1.165, 1.54) is 12.3 Å². The third-order valence-corrected chi connectivity index (χ3v) is 2.45. The largest absolute Gasteiger partial charge is 0.457 e. The summed E-state index contributed by atoms with van der Waals surface area (Å²) in [5, 5.41) is 0.0773. The van der Waals surface area contributed by atoms with Crippen LogP contribution in [0.15, 0.2) is 53.7 Å². The number of hydrogen-bond donors (Lipinski definition) is 1. The maximum absolute atomic E-state index is 10.8. The highest BCUT2D eigenvalue weighted by Crippen LogP contribution is 2.21. The van der Waals surface area contributed by atoms with E-state index >= 15 is 0 Å². The van der Waals surface area contributed by atoms with Crippen LogP contribution < -0.4 is 4.74 Å². The maximum Gasteiger partial charge on any atom is 0.205 e. The average molecular weight is 235 g/mol. The molecule has 2 rings (SSSR count). The monoisotopic (exact) mass is 235 g/mol. The molecule has 0 spiro atoms. The lowest BCUT2D eigenvalue weighted by Crippen LogP contribution is -1.93. The molecule has 1 N–H and O–H groups in total. The Morgan fingerprint density at radius 3 is 2.56 bits per heavy atom. The summed E-state index contributed by atoms with van der Waals surface area (Å²) in [6.07, 6.45) is 1.43. The number of pyridine rings is 1. The number of para-hydroxylation sites is 1. The summed E-state index contributed by atoms with van der Waals surface area (Å²) in [5.41, 5.74) is 0. The van der Waals surface area contributed by atoms with Crippen LogP contribution in [-0.4, -0.2) is 13.7 Å². The Morgan fingerprint density at radius 1 is 1.12 bits per heavy atom. The lowest BCUT2D eigenvalue weighted by Gasteiger charge is -2.05. The fourth-order valence-corrected chi connectivity index (χ4v) is 1.54. The van der Waals surface area contributed by atoms with Crippen LogP contribution in [0, 0.1) is 0 Å². The van der Waals surface area contributed by atoms with Crippen LogP contribution in [0.3, 0.4) is 0 Å². The van der Waals surface area contributed by atoms with E-state index < -0.39 is 11.1 Å². The summed E-state index contributed by atoms with van der Waals surface area (Å²) in [7, 11) is 0. The smallest absolute Gasteiger partial charge is 0.205 e. The molecule has 0 saturated carbocycles. The number of benzene rings is 1. The van der Waals surface area contributed by atoms with Gasteiger partial charge in [-0.1, -0.05) is 18.2 Å². The van der Waals surface area contributed by atoms with Crippen molar-refractivity contribution in [3.63, 3.8) is 0 Å². The molecule has 0 fully saturated rings. The van der Waals surface area contributed by atoms with Crippen molar-refractivity contribution in [2.24, 2.45) is 0 Å². The van der Waals surface area contributed by atoms with Gasteiger partial charge in [-0.2, -0.15) is 0 Å². The van der Waals surface area contributed by atoms with Crippen molar-refractivity contribution >= 4 is 11.1 Å². The Morgan fingerprint density at radius 2 is 1.88 bits per heavy atom. The lowest BCUT2D eigenvalue weighted by molar-refractivity contribution is 0.478. The Kier molecular flexibility index (Phi) is 3.28. The van der Waals surface area contributed by atoms with Crippen molar-refractivity contribution in [1.82, 2.24) is 4.98 Å². The first-order valence-electron chi connectivity index (χ1n) is 4.55. The van der Waals surface area contributed by atoms with E-state index in [4.69, 9.17) is 9.29 Å². The van der Waals surface area contributed by atoms with E-state index in [9.17, 15) is 4.21 Å². The van der Waals surface area contributed by atoms with Gasteiger partial charge in [0.1, 0.15) is 11.5 Å². The first kappa shape index (κ1) is 10.8. The number of ether oxygens (including phenoxy) is 1. The molecule has 1 atom stereocenters. The topological polar surface area (TPSA) is 59.4 Å². The molecule has 82 valence electrons. The molecule has 0 radical (unpaired) electrons. The molecule has 1 unspecified atom stereocenters. The molecule has 1 heterocycles. The van der Waals surface area contributed by atoms with Crippen molar-refractivity contribution in [2.45, 2.75) is 5.03 Å². The molecular formula is C11H9NO3S. The standard InChI is InChI=1S/C11H9NO3S/c13-16(14)11-8-10(6-7-12-11)15-9-4-2-1-3-5-9/h1-8H,(H,13,14). The minimum absolute atomic E-state index is 0.0773. The third-order valence-electron chi connectivity index (χ3n) is 1.86. The molecule has 0 aliphatic rings. The van der Waals surface area contributed by atoms with Crippen LogP contribution in [0.5, 0.6) is 11.5 Å². The van der Waals surface area contributed by atoms with Crippen molar-refractivity contribution in [3.8, 4) is 11.5 Å². The minimum Gasteiger partial charge on any atom is -0.457 e. The Labute approximate surface area is 95.2 Å². The van der Waals surface area contributed by atoms with Gasteiger partial charge in [0.25, 0.3) is 0 Å². The summed E-state index contributed by atoms with van der Waals surface area (Å²) in [6.45, 7) is 0. The number of hydrogen-bond acceptors (Lipinski definition) is 3. The zero-order chi connectivity index (χ0) is 11.4. The summed E-state index contributed by atoms with van der Waals surface area (Å²) in [4.78, 5) is 3.75. The van der Waals surface area contributed by atoms with Crippen molar-refractivity contribution in [3.05, 3.63) is 48.7 Å². The molecule has 0 saturated heterocycles. The SMILES string of the molecule is O=S(O)c1cc(Oc2ccccc2)ccn1. The molecule has 0 amide bonds.